The predicted octanol–water partition coefficient (Wildman–Crippen LogP) is 1.72. The standard InChI is InChI=1S/C16H29N3O2.2ClH/c17-9-14-5-6-15(21-14)16(20)18-13-7-8-19(11-13)10-12-3-1-2-4-12;;/h12-15H,1-11,17H2,(H,18,20);2*1H/t13?,14-,15+;;/m1../s1. The predicted molar refractivity (Wildman–Crippen MR) is 96.4 cm³/mol. The van der Waals surface area contributed by atoms with E-state index in [0.29, 0.717) is 12.6 Å². The van der Waals surface area contributed by atoms with Gasteiger partial charge in [-0.2, -0.15) is 0 Å². The Bertz CT molecular complexity index is 367. The quantitative estimate of drug-likeness (QED) is 0.776. The van der Waals surface area contributed by atoms with Gasteiger partial charge in [-0.3, -0.25) is 4.79 Å². The van der Waals surface area contributed by atoms with E-state index in [0.717, 1.165) is 38.3 Å². The molecule has 3 rings (SSSR count). The highest BCUT2D eigenvalue weighted by atomic mass is 35.5. The SMILES string of the molecule is Cl.Cl.NC[C@H]1CC[C@@H](C(=O)NC2CCN(CC3CCCC3)C2)O1. The third-order valence-corrected chi connectivity index (χ3v) is 5.27. The van der Waals surface area contributed by atoms with Crippen LogP contribution in [0.25, 0.3) is 0 Å². The molecule has 0 aromatic rings. The molecule has 136 valence electrons. The van der Waals surface area contributed by atoms with Crippen molar-refractivity contribution in [3.8, 4) is 0 Å². The van der Waals surface area contributed by atoms with Crippen LogP contribution in [0.4, 0.5) is 0 Å². The van der Waals surface area contributed by atoms with Gasteiger partial charge in [-0.15, -0.1) is 24.8 Å². The fourth-order valence-electron chi connectivity index (χ4n) is 4.04. The summed E-state index contributed by atoms with van der Waals surface area (Å²) < 4.78 is 5.67. The van der Waals surface area contributed by atoms with E-state index in [4.69, 9.17) is 10.5 Å². The average molecular weight is 368 g/mol. The minimum Gasteiger partial charge on any atom is -0.364 e. The van der Waals surface area contributed by atoms with E-state index < -0.39 is 0 Å². The third kappa shape index (κ3) is 5.75. The van der Waals surface area contributed by atoms with Gasteiger partial charge in [0, 0.05) is 32.2 Å². The van der Waals surface area contributed by atoms with Crippen LogP contribution < -0.4 is 11.1 Å². The van der Waals surface area contributed by atoms with E-state index >= 15 is 0 Å². The maximum atomic E-state index is 12.2. The van der Waals surface area contributed by atoms with Gasteiger partial charge in [-0.05, 0) is 38.0 Å². The first-order chi connectivity index (χ1) is 10.2. The van der Waals surface area contributed by atoms with Gasteiger partial charge in [0.1, 0.15) is 6.10 Å². The topological polar surface area (TPSA) is 67.6 Å². The minimum absolute atomic E-state index is 0. The molecule has 0 spiro atoms. The van der Waals surface area contributed by atoms with E-state index in [1.54, 1.807) is 0 Å². The summed E-state index contributed by atoms with van der Waals surface area (Å²) in [6.45, 7) is 3.87. The number of nitrogens with zero attached hydrogens (tertiary/aromatic N) is 1. The van der Waals surface area contributed by atoms with Crippen molar-refractivity contribution in [3.63, 3.8) is 0 Å². The maximum absolute atomic E-state index is 12.2. The second-order valence-corrected chi connectivity index (χ2v) is 6.96. The van der Waals surface area contributed by atoms with Crippen LogP contribution in [0.15, 0.2) is 0 Å². The largest absolute Gasteiger partial charge is 0.364 e. The number of hydrogen-bond acceptors (Lipinski definition) is 4. The molecule has 3 aliphatic rings. The number of hydrogen-bond donors (Lipinski definition) is 2. The molecule has 0 aromatic heterocycles. The molecule has 2 heterocycles. The highest BCUT2D eigenvalue weighted by Crippen LogP contribution is 2.27. The molecule has 2 saturated heterocycles. The number of likely N-dealkylation sites (tertiary alicyclic amines) is 1. The van der Waals surface area contributed by atoms with Gasteiger partial charge >= 0.3 is 0 Å². The van der Waals surface area contributed by atoms with Crippen LogP contribution in [0.5, 0.6) is 0 Å². The van der Waals surface area contributed by atoms with Crippen molar-refractivity contribution >= 4 is 30.7 Å². The number of halogens is 2. The van der Waals surface area contributed by atoms with E-state index in [2.05, 4.69) is 10.2 Å². The zero-order valence-corrected chi connectivity index (χ0v) is 15.4. The van der Waals surface area contributed by atoms with E-state index in [9.17, 15) is 4.79 Å². The Hall–Kier alpha value is -0.0700. The summed E-state index contributed by atoms with van der Waals surface area (Å²) in [5, 5.41) is 3.17. The Morgan fingerprint density at radius 3 is 2.52 bits per heavy atom. The van der Waals surface area contributed by atoms with Crippen LogP contribution in [0.3, 0.4) is 0 Å². The van der Waals surface area contributed by atoms with Crippen LogP contribution in [-0.2, 0) is 9.53 Å². The maximum Gasteiger partial charge on any atom is 0.249 e. The Morgan fingerprint density at radius 1 is 1.13 bits per heavy atom. The normalized spacial score (nSPS) is 31.6. The second-order valence-electron chi connectivity index (χ2n) is 6.96. The zero-order valence-electron chi connectivity index (χ0n) is 13.7. The lowest BCUT2D eigenvalue weighted by molar-refractivity contribution is -0.132. The first kappa shape index (κ1) is 21.0. The van der Waals surface area contributed by atoms with Gasteiger partial charge in [0.05, 0.1) is 6.10 Å². The van der Waals surface area contributed by atoms with Gasteiger partial charge in [-0.25, -0.2) is 0 Å². The molecule has 0 aromatic carbocycles. The van der Waals surface area contributed by atoms with Gasteiger partial charge in [-0.1, -0.05) is 12.8 Å². The molecule has 7 heteroatoms. The molecule has 1 unspecified atom stereocenters. The van der Waals surface area contributed by atoms with Crippen LogP contribution >= 0.6 is 24.8 Å². The number of carbonyl (C=O) groups is 1. The molecule has 0 radical (unpaired) electrons. The monoisotopic (exact) mass is 367 g/mol. The molecular weight excluding hydrogens is 337 g/mol. The molecule has 1 amide bonds. The Kier molecular flexibility index (Phi) is 9.16. The lowest BCUT2D eigenvalue weighted by atomic mass is 10.1. The fourth-order valence-corrected chi connectivity index (χ4v) is 4.04. The first-order valence-electron chi connectivity index (χ1n) is 8.63. The number of rotatable bonds is 5. The Labute approximate surface area is 151 Å². The van der Waals surface area contributed by atoms with Crippen LogP contribution in [-0.4, -0.2) is 55.2 Å². The van der Waals surface area contributed by atoms with E-state index in [1.807, 2.05) is 0 Å². The summed E-state index contributed by atoms with van der Waals surface area (Å²) in [5.41, 5.74) is 5.59. The number of carbonyl (C=O) groups excluding carboxylic acids is 1. The molecule has 1 aliphatic carbocycles. The van der Waals surface area contributed by atoms with Gasteiger partial charge in [0.2, 0.25) is 5.91 Å². The lowest BCUT2D eigenvalue weighted by Crippen LogP contribution is -2.43. The summed E-state index contributed by atoms with van der Waals surface area (Å²) in [6.07, 6.45) is 8.18. The number of nitrogens with one attached hydrogen (secondary N) is 1. The average Bonchev–Trinajstić information content (AvgIpc) is 3.20. The van der Waals surface area contributed by atoms with E-state index in [-0.39, 0.29) is 42.9 Å². The summed E-state index contributed by atoms with van der Waals surface area (Å²) in [6, 6.07) is 0.305. The third-order valence-electron chi connectivity index (χ3n) is 5.27. The molecule has 3 fully saturated rings. The zero-order chi connectivity index (χ0) is 14.7. The summed E-state index contributed by atoms with van der Waals surface area (Å²) in [5.74, 6) is 0.960. The number of nitrogens with two attached hydrogens (primary N) is 1. The Morgan fingerprint density at radius 2 is 1.87 bits per heavy atom. The highest BCUT2D eigenvalue weighted by Gasteiger charge is 2.33. The smallest absolute Gasteiger partial charge is 0.249 e. The molecule has 0 bridgehead atoms. The summed E-state index contributed by atoms with van der Waals surface area (Å²) >= 11 is 0. The van der Waals surface area contributed by atoms with Gasteiger partial charge < -0.3 is 20.7 Å². The highest BCUT2D eigenvalue weighted by molar-refractivity contribution is 5.85. The molecule has 2 aliphatic heterocycles. The van der Waals surface area contributed by atoms with Crippen molar-refractivity contribution in [2.24, 2.45) is 11.7 Å². The summed E-state index contributed by atoms with van der Waals surface area (Å²) in [7, 11) is 0. The molecule has 23 heavy (non-hydrogen) atoms. The van der Waals surface area contributed by atoms with E-state index in [1.165, 1.54) is 32.2 Å². The minimum atomic E-state index is -0.276. The summed E-state index contributed by atoms with van der Waals surface area (Å²) in [4.78, 5) is 14.7. The van der Waals surface area contributed by atoms with Crippen LogP contribution in [0, 0.1) is 5.92 Å². The molecular formula is C16H31Cl2N3O2. The van der Waals surface area contributed by atoms with Crippen LogP contribution in [0.1, 0.15) is 44.9 Å². The molecule has 3 N–H and O–H groups in total. The van der Waals surface area contributed by atoms with Crippen molar-refractivity contribution in [1.29, 1.82) is 0 Å². The van der Waals surface area contributed by atoms with Crippen molar-refractivity contribution < 1.29 is 9.53 Å². The second kappa shape index (κ2) is 10.0. The first-order valence-corrected chi connectivity index (χ1v) is 8.63. The van der Waals surface area contributed by atoms with Gasteiger partial charge in [0.15, 0.2) is 0 Å². The van der Waals surface area contributed by atoms with Crippen molar-refractivity contribution in [1.82, 2.24) is 10.2 Å². The van der Waals surface area contributed by atoms with Gasteiger partial charge in [0.25, 0.3) is 0 Å². The van der Waals surface area contributed by atoms with Crippen molar-refractivity contribution in [2.75, 3.05) is 26.2 Å². The lowest BCUT2D eigenvalue weighted by Gasteiger charge is -2.21. The fraction of sp³-hybridized carbons (Fsp3) is 0.938. The molecule has 5 nitrogen and oxygen atoms in total. The van der Waals surface area contributed by atoms with Crippen molar-refractivity contribution in [3.05, 3.63) is 0 Å². The van der Waals surface area contributed by atoms with Crippen LogP contribution in [0.2, 0.25) is 0 Å². The number of ether oxygens (including phenoxy) is 1. The Balaban J connectivity index is 0.00000132. The van der Waals surface area contributed by atoms with Crippen molar-refractivity contribution in [2.45, 2.75) is 63.2 Å². The molecule has 1 saturated carbocycles. The number of amides is 1. The molecule has 3 atom stereocenters.